The molecule has 0 radical (unpaired) electrons. The maximum atomic E-state index is 13.2. The predicted octanol–water partition coefficient (Wildman–Crippen LogP) is 3.29. The maximum Gasteiger partial charge on any atom is 0.134 e. The predicted molar refractivity (Wildman–Crippen MR) is 98.0 cm³/mol. The van der Waals surface area contributed by atoms with Crippen molar-refractivity contribution in [1.82, 2.24) is 15.1 Å². The Labute approximate surface area is 151 Å². The third-order valence-electron chi connectivity index (χ3n) is 6.12. The molecule has 2 fully saturated rings. The highest BCUT2D eigenvalue weighted by Gasteiger charge is 2.51. The van der Waals surface area contributed by atoms with E-state index in [-0.39, 0.29) is 11.2 Å². The Hall–Kier alpha value is -2.53. The maximum absolute atomic E-state index is 13.2. The van der Waals surface area contributed by atoms with Crippen molar-refractivity contribution in [2.75, 3.05) is 13.1 Å². The van der Waals surface area contributed by atoms with Gasteiger partial charge in [0.05, 0.1) is 17.4 Å². The first-order valence-corrected chi connectivity index (χ1v) is 9.04. The standard InChI is InChI=1S/C21H20FN3O/c1-13-6-20-14(10-24-25(20)17-4-2-16(22)3-5-17)7-19(13)21-9-18(26)8-15(21)11-23-12-21/h2-7,10,15,23H,8-9,11-12H2,1H3. The van der Waals surface area contributed by atoms with E-state index in [1.807, 2.05) is 10.9 Å². The lowest BCUT2D eigenvalue weighted by molar-refractivity contribution is -0.117. The molecule has 2 heterocycles. The Kier molecular flexibility index (Phi) is 3.31. The van der Waals surface area contributed by atoms with Crippen molar-refractivity contribution >= 4 is 16.7 Å². The number of fused-ring (bicyclic) bond motifs is 2. The first-order chi connectivity index (χ1) is 12.6. The molecule has 1 aliphatic heterocycles. The van der Waals surface area contributed by atoms with E-state index < -0.39 is 0 Å². The summed E-state index contributed by atoms with van der Waals surface area (Å²) in [5.41, 5.74) is 4.21. The number of aromatic nitrogens is 2. The molecule has 2 atom stereocenters. The second-order valence-electron chi connectivity index (χ2n) is 7.66. The van der Waals surface area contributed by atoms with Gasteiger partial charge in [0, 0.05) is 30.2 Å². The van der Waals surface area contributed by atoms with Gasteiger partial charge < -0.3 is 5.32 Å². The number of hydrogen-bond donors (Lipinski definition) is 1. The van der Waals surface area contributed by atoms with E-state index in [1.54, 1.807) is 12.1 Å². The van der Waals surface area contributed by atoms with Crippen LogP contribution in [0.25, 0.3) is 16.6 Å². The lowest BCUT2D eigenvalue weighted by Gasteiger charge is -2.30. The van der Waals surface area contributed by atoms with Crippen LogP contribution >= 0.6 is 0 Å². The number of nitrogens with zero attached hydrogens (tertiary/aromatic N) is 2. The summed E-state index contributed by atoms with van der Waals surface area (Å²) >= 11 is 0. The van der Waals surface area contributed by atoms with Crippen LogP contribution in [0.3, 0.4) is 0 Å². The summed E-state index contributed by atoms with van der Waals surface area (Å²) in [6.07, 6.45) is 3.16. The number of aryl methyl sites for hydroxylation is 1. The summed E-state index contributed by atoms with van der Waals surface area (Å²) < 4.78 is 15.1. The van der Waals surface area contributed by atoms with Gasteiger partial charge in [0.15, 0.2) is 0 Å². The smallest absolute Gasteiger partial charge is 0.134 e. The highest BCUT2D eigenvalue weighted by molar-refractivity contribution is 5.86. The number of halogens is 1. The minimum atomic E-state index is -0.256. The van der Waals surface area contributed by atoms with Crippen molar-refractivity contribution in [3.8, 4) is 5.69 Å². The van der Waals surface area contributed by atoms with Gasteiger partial charge in [-0.1, -0.05) is 0 Å². The van der Waals surface area contributed by atoms with Gasteiger partial charge in [-0.05, 0) is 66.9 Å². The molecule has 1 aliphatic carbocycles. The van der Waals surface area contributed by atoms with Gasteiger partial charge in [-0.3, -0.25) is 4.79 Å². The van der Waals surface area contributed by atoms with Crippen LogP contribution in [0.2, 0.25) is 0 Å². The molecule has 1 saturated heterocycles. The molecule has 4 nitrogen and oxygen atoms in total. The van der Waals surface area contributed by atoms with Gasteiger partial charge in [-0.25, -0.2) is 9.07 Å². The Morgan fingerprint density at radius 2 is 2.08 bits per heavy atom. The van der Waals surface area contributed by atoms with Crippen LogP contribution in [0.15, 0.2) is 42.6 Å². The van der Waals surface area contributed by atoms with Crippen LogP contribution in [-0.4, -0.2) is 28.7 Å². The third kappa shape index (κ3) is 2.16. The molecular formula is C21H20FN3O. The fourth-order valence-corrected chi connectivity index (χ4v) is 4.90. The molecule has 26 heavy (non-hydrogen) atoms. The lowest BCUT2D eigenvalue weighted by Crippen LogP contribution is -2.32. The van der Waals surface area contributed by atoms with E-state index in [0.717, 1.165) is 29.7 Å². The minimum Gasteiger partial charge on any atom is -0.315 e. The SMILES string of the molecule is Cc1cc2c(cnn2-c2ccc(F)cc2)cc1C12CNCC1CC(=O)C2. The van der Waals surface area contributed by atoms with Crippen LogP contribution in [0.1, 0.15) is 24.0 Å². The second-order valence-corrected chi connectivity index (χ2v) is 7.66. The monoisotopic (exact) mass is 349 g/mol. The van der Waals surface area contributed by atoms with Crippen LogP contribution in [0, 0.1) is 18.7 Å². The van der Waals surface area contributed by atoms with Crippen LogP contribution in [0.4, 0.5) is 4.39 Å². The Balaban J connectivity index is 1.65. The number of hydrogen-bond acceptors (Lipinski definition) is 3. The second kappa shape index (κ2) is 5.48. The largest absolute Gasteiger partial charge is 0.315 e. The molecule has 3 aromatic rings. The van der Waals surface area contributed by atoms with Crippen LogP contribution in [0.5, 0.6) is 0 Å². The van der Waals surface area contributed by atoms with Gasteiger partial charge >= 0.3 is 0 Å². The van der Waals surface area contributed by atoms with Gasteiger partial charge in [0.2, 0.25) is 0 Å². The van der Waals surface area contributed by atoms with Gasteiger partial charge in [0.1, 0.15) is 11.6 Å². The fraction of sp³-hybridized carbons (Fsp3) is 0.333. The highest BCUT2D eigenvalue weighted by Crippen LogP contribution is 2.48. The molecule has 2 unspecified atom stereocenters. The van der Waals surface area contributed by atoms with Crippen molar-refractivity contribution in [1.29, 1.82) is 0 Å². The summed E-state index contributed by atoms with van der Waals surface area (Å²) in [7, 11) is 0. The topological polar surface area (TPSA) is 46.9 Å². The molecule has 0 bridgehead atoms. The summed E-state index contributed by atoms with van der Waals surface area (Å²) in [4.78, 5) is 12.2. The zero-order valence-corrected chi connectivity index (χ0v) is 14.6. The molecule has 2 aromatic carbocycles. The Morgan fingerprint density at radius 3 is 2.88 bits per heavy atom. The molecule has 0 spiro atoms. The normalized spacial score (nSPS) is 25.2. The quantitative estimate of drug-likeness (QED) is 0.772. The molecule has 132 valence electrons. The molecule has 5 rings (SSSR count). The average Bonchev–Trinajstić information content (AvgIpc) is 3.27. The summed E-state index contributed by atoms with van der Waals surface area (Å²) in [6, 6.07) is 10.7. The first-order valence-electron chi connectivity index (χ1n) is 9.04. The number of carbonyl (C=O) groups excluding carboxylic acids is 1. The van der Waals surface area contributed by atoms with Crippen molar-refractivity contribution in [2.45, 2.75) is 25.2 Å². The number of rotatable bonds is 2. The number of ketones is 1. The van der Waals surface area contributed by atoms with Crippen molar-refractivity contribution in [3.05, 3.63) is 59.5 Å². The molecule has 2 aliphatic rings. The lowest BCUT2D eigenvalue weighted by atomic mass is 9.72. The van der Waals surface area contributed by atoms with Gasteiger partial charge in [0.25, 0.3) is 0 Å². The highest BCUT2D eigenvalue weighted by atomic mass is 19.1. The number of nitrogens with one attached hydrogen (secondary N) is 1. The molecule has 0 amide bonds. The number of benzene rings is 2. The zero-order chi connectivity index (χ0) is 17.9. The van der Waals surface area contributed by atoms with E-state index in [9.17, 15) is 9.18 Å². The van der Waals surface area contributed by atoms with E-state index in [4.69, 9.17) is 0 Å². The van der Waals surface area contributed by atoms with Crippen molar-refractivity contribution < 1.29 is 9.18 Å². The molecular weight excluding hydrogens is 329 g/mol. The van der Waals surface area contributed by atoms with Gasteiger partial charge in [-0.15, -0.1) is 0 Å². The number of carbonyl (C=O) groups is 1. The zero-order valence-electron chi connectivity index (χ0n) is 14.6. The first kappa shape index (κ1) is 15.7. The Morgan fingerprint density at radius 1 is 1.27 bits per heavy atom. The van der Waals surface area contributed by atoms with Crippen LogP contribution < -0.4 is 5.32 Å². The van der Waals surface area contributed by atoms with Crippen LogP contribution in [-0.2, 0) is 10.2 Å². The molecule has 1 aromatic heterocycles. The van der Waals surface area contributed by atoms with E-state index in [1.165, 1.54) is 23.3 Å². The molecule has 1 saturated carbocycles. The Bertz CT molecular complexity index is 1020. The van der Waals surface area contributed by atoms with E-state index in [0.29, 0.717) is 24.5 Å². The average molecular weight is 349 g/mol. The molecule has 1 N–H and O–H groups in total. The van der Waals surface area contributed by atoms with Gasteiger partial charge in [-0.2, -0.15) is 5.10 Å². The third-order valence-corrected chi connectivity index (χ3v) is 6.12. The van der Waals surface area contributed by atoms with Crippen molar-refractivity contribution in [3.63, 3.8) is 0 Å². The summed E-state index contributed by atoms with van der Waals surface area (Å²) in [6.45, 7) is 3.89. The molecule has 5 heteroatoms. The number of Topliss-reactive ketones (excluding diaryl/α,β-unsaturated/α-hetero) is 1. The summed E-state index contributed by atoms with van der Waals surface area (Å²) in [5.74, 6) is 0.504. The van der Waals surface area contributed by atoms with E-state index in [2.05, 4.69) is 29.5 Å². The summed E-state index contributed by atoms with van der Waals surface area (Å²) in [5, 5.41) is 9.05. The van der Waals surface area contributed by atoms with Crippen molar-refractivity contribution in [2.24, 2.45) is 5.92 Å². The van der Waals surface area contributed by atoms with E-state index >= 15 is 0 Å². The fourth-order valence-electron chi connectivity index (χ4n) is 4.90. The minimum absolute atomic E-state index is 0.0761.